The fourth-order valence-corrected chi connectivity index (χ4v) is 11.2. The van der Waals surface area contributed by atoms with Gasteiger partial charge in [-0.3, -0.25) is 9.13 Å². The van der Waals surface area contributed by atoms with Crippen molar-refractivity contribution in [2.45, 2.75) is 0 Å². The highest BCUT2D eigenvalue weighted by Crippen LogP contribution is 2.42. The average Bonchev–Trinajstić information content (AvgIpc) is 4.26. The van der Waals surface area contributed by atoms with Crippen LogP contribution in [0.4, 0.5) is 0 Å². The summed E-state index contributed by atoms with van der Waals surface area (Å²) < 4.78 is 17.1. The molecule has 0 aliphatic rings. The summed E-state index contributed by atoms with van der Waals surface area (Å²) in [6.07, 6.45) is 0. The minimum atomic E-state index is 0.521. The van der Waals surface area contributed by atoms with E-state index in [1.165, 1.54) is 0 Å². The van der Waals surface area contributed by atoms with Crippen LogP contribution in [-0.4, -0.2) is 39.0 Å². The molecular formula is C66H38N8O2. The summed E-state index contributed by atoms with van der Waals surface area (Å²) in [5.74, 6) is 3.31. The van der Waals surface area contributed by atoms with E-state index in [1.807, 2.05) is 91.0 Å². The molecule has 0 saturated carbocycles. The number of hydrogen-bond donors (Lipinski definition) is 0. The van der Waals surface area contributed by atoms with Gasteiger partial charge in [0.1, 0.15) is 22.3 Å². The predicted octanol–water partition coefficient (Wildman–Crippen LogP) is 16.4. The van der Waals surface area contributed by atoms with Gasteiger partial charge in [0.05, 0.1) is 22.1 Å². The molecule has 76 heavy (non-hydrogen) atoms. The summed E-state index contributed by atoms with van der Waals surface area (Å²) in [4.78, 5) is 31.3. The maximum Gasteiger partial charge on any atom is 0.238 e. The van der Waals surface area contributed by atoms with E-state index >= 15 is 0 Å². The molecule has 0 N–H and O–H groups in total. The zero-order valence-electron chi connectivity index (χ0n) is 40.3. The number of para-hydroxylation sites is 4. The van der Waals surface area contributed by atoms with Crippen LogP contribution in [-0.2, 0) is 0 Å². The van der Waals surface area contributed by atoms with Gasteiger partial charge in [-0.05, 0) is 65.7 Å². The van der Waals surface area contributed by atoms with Crippen LogP contribution in [0.15, 0.2) is 239 Å². The molecule has 16 rings (SSSR count). The van der Waals surface area contributed by atoms with Crippen molar-refractivity contribution in [2.75, 3.05) is 0 Å². The number of rotatable bonds is 7. The second-order valence-corrected chi connectivity index (χ2v) is 19.1. The minimum Gasteiger partial charge on any atom is -0.456 e. The van der Waals surface area contributed by atoms with Crippen LogP contribution in [0.2, 0.25) is 0 Å². The van der Waals surface area contributed by atoms with Gasteiger partial charge in [-0.25, -0.2) is 9.97 Å². The van der Waals surface area contributed by atoms with Crippen molar-refractivity contribution in [1.82, 2.24) is 39.0 Å². The van der Waals surface area contributed by atoms with Crippen LogP contribution in [0.1, 0.15) is 0 Å². The molecule has 0 spiro atoms. The molecule has 0 atom stereocenters. The van der Waals surface area contributed by atoms with E-state index < -0.39 is 0 Å². The summed E-state index contributed by atoms with van der Waals surface area (Å²) in [6, 6.07) is 78.7. The Morgan fingerprint density at radius 1 is 0.237 bits per heavy atom. The van der Waals surface area contributed by atoms with Crippen LogP contribution >= 0.6 is 0 Å². The maximum atomic E-state index is 6.38. The molecule has 10 nitrogen and oxygen atoms in total. The van der Waals surface area contributed by atoms with Crippen LogP contribution in [0.3, 0.4) is 0 Å². The third kappa shape index (κ3) is 6.54. The van der Waals surface area contributed by atoms with Gasteiger partial charge >= 0.3 is 0 Å². The highest BCUT2D eigenvalue weighted by Gasteiger charge is 2.23. The molecule has 16 aromatic rings. The number of hydrogen-bond acceptors (Lipinski definition) is 8. The number of aromatic nitrogens is 8. The summed E-state index contributed by atoms with van der Waals surface area (Å²) in [5.41, 5.74) is 12.8. The van der Waals surface area contributed by atoms with Gasteiger partial charge in [-0.1, -0.05) is 176 Å². The quantitative estimate of drug-likeness (QED) is 0.155. The third-order valence-electron chi connectivity index (χ3n) is 14.7. The molecule has 354 valence electrons. The van der Waals surface area contributed by atoms with Crippen molar-refractivity contribution in [3.63, 3.8) is 0 Å². The lowest BCUT2D eigenvalue weighted by Crippen LogP contribution is -2.06. The first-order chi connectivity index (χ1) is 37.6. The Balaban J connectivity index is 0.819. The largest absolute Gasteiger partial charge is 0.456 e. The Morgan fingerprint density at radius 3 is 1.41 bits per heavy atom. The normalized spacial score (nSPS) is 11.9. The summed E-state index contributed by atoms with van der Waals surface area (Å²) in [7, 11) is 0. The van der Waals surface area contributed by atoms with E-state index in [2.05, 4.69) is 149 Å². The summed E-state index contributed by atoms with van der Waals surface area (Å²) in [5, 5.41) is 8.54. The molecule has 0 unspecified atom stereocenters. The Hall–Kier alpha value is -10.6. The van der Waals surface area contributed by atoms with Crippen molar-refractivity contribution >= 4 is 87.5 Å². The van der Waals surface area contributed by atoms with E-state index in [-0.39, 0.29) is 0 Å². The zero-order chi connectivity index (χ0) is 49.8. The standard InChI is InChI=1S/C66H38N8O2/c1-3-16-40(17-4-1)61-67-63(71-66(70-61)74-51-26-11-7-22-45(51)49-38-58-50(37-54(49)74)46-23-9-13-28-55(46)76-58)42-32-30-39(31-33-42)43-20-15-21-44(36-43)64-68-62(41-18-5-2-6-19-41)69-65(72-64)73-52-27-12-8-24-47(52)59-53(73)34-35-57-60(59)48-25-10-14-29-56(48)75-57/h1-38H. The highest BCUT2D eigenvalue weighted by molar-refractivity contribution is 6.27. The Morgan fingerprint density at radius 2 is 0.724 bits per heavy atom. The van der Waals surface area contributed by atoms with E-state index in [1.54, 1.807) is 0 Å². The molecule has 0 saturated heterocycles. The molecule has 10 aromatic carbocycles. The van der Waals surface area contributed by atoms with Crippen molar-refractivity contribution in [3.05, 3.63) is 231 Å². The van der Waals surface area contributed by atoms with Gasteiger partial charge in [0, 0.05) is 65.3 Å². The van der Waals surface area contributed by atoms with Crippen molar-refractivity contribution in [1.29, 1.82) is 0 Å². The molecule has 0 aliphatic heterocycles. The van der Waals surface area contributed by atoms with Crippen LogP contribution in [0, 0.1) is 0 Å². The van der Waals surface area contributed by atoms with Gasteiger partial charge < -0.3 is 8.83 Å². The second kappa shape index (κ2) is 16.5. The van der Waals surface area contributed by atoms with Gasteiger partial charge in [0.15, 0.2) is 23.3 Å². The number of furan rings is 2. The lowest BCUT2D eigenvalue weighted by atomic mass is 10.0. The zero-order valence-corrected chi connectivity index (χ0v) is 40.3. The van der Waals surface area contributed by atoms with Crippen molar-refractivity contribution < 1.29 is 8.83 Å². The topological polar surface area (TPSA) is 113 Å². The van der Waals surface area contributed by atoms with Crippen LogP contribution < -0.4 is 0 Å². The van der Waals surface area contributed by atoms with Gasteiger partial charge in [-0.15, -0.1) is 0 Å². The lowest BCUT2D eigenvalue weighted by molar-refractivity contribution is 0.669. The van der Waals surface area contributed by atoms with Gasteiger partial charge in [0.2, 0.25) is 11.9 Å². The Labute approximate surface area is 432 Å². The first kappa shape index (κ1) is 42.0. The van der Waals surface area contributed by atoms with Crippen molar-refractivity contribution in [2.24, 2.45) is 0 Å². The first-order valence-corrected chi connectivity index (χ1v) is 25.2. The molecule has 6 heterocycles. The smallest absolute Gasteiger partial charge is 0.238 e. The minimum absolute atomic E-state index is 0.521. The number of benzene rings is 10. The average molecular weight is 975 g/mol. The van der Waals surface area contributed by atoms with Crippen LogP contribution in [0.25, 0.3) is 156 Å². The van der Waals surface area contributed by atoms with Crippen LogP contribution in [0.5, 0.6) is 0 Å². The molecule has 0 bridgehead atoms. The monoisotopic (exact) mass is 974 g/mol. The van der Waals surface area contributed by atoms with E-state index in [0.29, 0.717) is 35.2 Å². The molecule has 0 radical (unpaired) electrons. The molecular weight excluding hydrogens is 937 g/mol. The fraction of sp³-hybridized carbons (Fsp3) is 0. The maximum absolute atomic E-state index is 6.38. The molecule has 10 heteroatoms. The third-order valence-corrected chi connectivity index (χ3v) is 14.7. The van der Waals surface area contributed by atoms with Gasteiger partial charge in [-0.2, -0.15) is 19.9 Å². The Bertz CT molecular complexity index is 5000. The summed E-state index contributed by atoms with van der Waals surface area (Å²) >= 11 is 0. The van der Waals surface area contributed by atoms with E-state index in [4.69, 9.17) is 38.7 Å². The number of fused-ring (bicyclic) bond motifs is 13. The highest BCUT2D eigenvalue weighted by atomic mass is 16.3. The first-order valence-electron chi connectivity index (χ1n) is 25.2. The molecule has 0 fully saturated rings. The molecule has 0 aliphatic carbocycles. The fourth-order valence-electron chi connectivity index (χ4n) is 11.2. The lowest BCUT2D eigenvalue weighted by Gasteiger charge is -2.12. The molecule has 6 aromatic heterocycles. The SMILES string of the molecule is c1ccc(-c2nc(-c3ccc(-c4cccc(-c5nc(-c6ccccc6)nc(-n6c7ccccc7c7c8c(ccc76)oc6ccccc68)n5)c4)cc3)nc(-n3c4ccccc4c4cc5oc6ccccc6c5cc43)n2)cc1. The predicted molar refractivity (Wildman–Crippen MR) is 304 cm³/mol. The van der Waals surface area contributed by atoms with E-state index in [9.17, 15) is 0 Å². The number of nitrogens with zero attached hydrogens (tertiary/aromatic N) is 8. The summed E-state index contributed by atoms with van der Waals surface area (Å²) in [6.45, 7) is 0. The molecule has 0 amide bonds. The van der Waals surface area contributed by atoms with Gasteiger partial charge in [0.25, 0.3) is 0 Å². The second-order valence-electron chi connectivity index (χ2n) is 19.1. The van der Waals surface area contributed by atoms with E-state index in [0.717, 1.165) is 121 Å². The van der Waals surface area contributed by atoms with Crippen molar-refractivity contribution in [3.8, 4) is 68.6 Å². The Kier molecular flexibility index (Phi) is 9.10.